The zero-order valence-corrected chi connectivity index (χ0v) is 14.4. The van der Waals surface area contributed by atoms with Crippen LogP contribution in [0.15, 0.2) is 24.3 Å². The van der Waals surface area contributed by atoms with Crippen LogP contribution in [0.5, 0.6) is 0 Å². The molecular weight excluding hydrogens is 298 g/mol. The molecule has 6 heteroatoms. The van der Waals surface area contributed by atoms with Gasteiger partial charge in [0.1, 0.15) is 0 Å². The maximum Gasteiger partial charge on any atom is 0.321 e. The Morgan fingerprint density at radius 1 is 1.23 bits per heavy atom. The second kappa shape index (κ2) is 7.74. The summed E-state index contributed by atoms with van der Waals surface area (Å²) < 4.78 is 11.4. The molecule has 122 valence electrons. The third-order valence-corrected chi connectivity index (χ3v) is 4.67. The quantitative estimate of drug-likeness (QED) is 0.923. The summed E-state index contributed by atoms with van der Waals surface area (Å²) in [6.45, 7) is 7.66. The standard InChI is InChI=1S/C16H25N3O2S/c1-13(2)18-8-10-19(11-9-18)16(20)17-15-7-5-4-6-14(15)12-22(3)21/h4-7,13H,8-12H2,1-3H3,(H,17,20). The van der Waals surface area contributed by atoms with Gasteiger partial charge in [-0.15, -0.1) is 0 Å². The third kappa shape index (κ3) is 4.55. The van der Waals surface area contributed by atoms with Crippen molar-refractivity contribution in [2.24, 2.45) is 0 Å². The molecule has 1 saturated heterocycles. The highest BCUT2D eigenvalue weighted by atomic mass is 32.2. The molecule has 0 saturated carbocycles. The second-order valence-corrected chi connectivity index (χ2v) is 7.36. The first kappa shape index (κ1) is 17.0. The number of amides is 2. The van der Waals surface area contributed by atoms with Crippen molar-refractivity contribution in [3.05, 3.63) is 29.8 Å². The molecule has 2 rings (SSSR count). The van der Waals surface area contributed by atoms with Crippen molar-refractivity contribution in [1.82, 2.24) is 9.80 Å². The average molecular weight is 323 g/mol. The van der Waals surface area contributed by atoms with E-state index in [2.05, 4.69) is 24.1 Å². The van der Waals surface area contributed by atoms with Crippen molar-refractivity contribution in [3.8, 4) is 0 Å². The van der Waals surface area contributed by atoms with Gasteiger partial charge in [-0.1, -0.05) is 18.2 Å². The first-order valence-corrected chi connectivity index (χ1v) is 9.38. The lowest BCUT2D eigenvalue weighted by Gasteiger charge is -2.36. The number of nitrogens with zero attached hydrogens (tertiary/aromatic N) is 2. The summed E-state index contributed by atoms with van der Waals surface area (Å²) in [5, 5.41) is 2.96. The summed E-state index contributed by atoms with van der Waals surface area (Å²) in [6.07, 6.45) is 1.67. The molecule has 1 N–H and O–H groups in total. The van der Waals surface area contributed by atoms with Gasteiger partial charge in [-0.3, -0.25) is 9.11 Å². The predicted molar refractivity (Wildman–Crippen MR) is 91.5 cm³/mol. The number of para-hydroxylation sites is 1. The van der Waals surface area contributed by atoms with E-state index in [-0.39, 0.29) is 6.03 Å². The average Bonchev–Trinajstić information content (AvgIpc) is 2.48. The van der Waals surface area contributed by atoms with E-state index >= 15 is 0 Å². The SMILES string of the molecule is CC(C)N1CCN(C(=O)Nc2ccccc2CS(C)=O)CC1. The van der Waals surface area contributed by atoms with Crippen LogP contribution in [0, 0.1) is 0 Å². The van der Waals surface area contributed by atoms with Gasteiger partial charge in [0.25, 0.3) is 0 Å². The largest absolute Gasteiger partial charge is 0.322 e. The lowest BCUT2D eigenvalue weighted by atomic mass is 10.2. The molecule has 1 aromatic carbocycles. The van der Waals surface area contributed by atoms with Crippen LogP contribution in [0.4, 0.5) is 10.5 Å². The van der Waals surface area contributed by atoms with E-state index in [4.69, 9.17) is 0 Å². The van der Waals surface area contributed by atoms with Gasteiger partial charge in [-0.25, -0.2) is 4.79 Å². The monoisotopic (exact) mass is 323 g/mol. The third-order valence-electron chi connectivity index (χ3n) is 3.95. The summed E-state index contributed by atoms with van der Waals surface area (Å²) in [4.78, 5) is 16.6. The van der Waals surface area contributed by atoms with E-state index in [1.807, 2.05) is 29.2 Å². The van der Waals surface area contributed by atoms with E-state index < -0.39 is 10.8 Å². The van der Waals surface area contributed by atoms with Crippen LogP contribution in [-0.2, 0) is 16.6 Å². The van der Waals surface area contributed by atoms with E-state index in [0.29, 0.717) is 11.8 Å². The Morgan fingerprint density at radius 3 is 2.45 bits per heavy atom. The molecule has 0 aliphatic carbocycles. The molecule has 22 heavy (non-hydrogen) atoms. The lowest BCUT2D eigenvalue weighted by Crippen LogP contribution is -2.51. The second-order valence-electron chi connectivity index (χ2n) is 5.92. The number of hydrogen-bond acceptors (Lipinski definition) is 3. The molecule has 0 spiro atoms. The maximum atomic E-state index is 12.4. The Balaban J connectivity index is 1.97. The zero-order chi connectivity index (χ0) is 16.1. The Morgan fingerprint density at radius 2 is 1.86 bits per heavy atom. The van der Waals surface area contributed by atoms with E-state index in [0.717, 1.165) is 37.4 Å². The van der Waals surface area contributed by atoms with Crippen molar-refractivity contribution in [1.29, 1.82) is 0 Å². The summed E-state index contributed by atoms with van der Waals surface area (Å²) in [5.74, 6) is 0.456. The van der Waals surface area contributed by atoms with E-state index in [1.165, 1.54) is 0 Å². The number of anilines is 1. The summed E-state index contributed by atoms with van der Waals surface area (Å²) in [5.41, 5.74) is 1.67. The number of piperazine rings is 1. The fourth-order valence-electron chi connectivity index (χ4n) is 2.62. The van der Waals surface area contributed by atoms with Gasteiger partial charge in [0.05, 0.1) is 5.75 Å². The molecule has 1 unspecified atom stereocenters. The molecule has 0 radical (unpaired) electrons. The van der Waals surface area contributed by atoms with Crippen molar-refractivity contribution in [2.75, 3.05) is 37.8 Å². The summed E-state index contributed by atoms with van der Waals surface area (Å²) in [6, 6.07) is 8.01. The number of carbonyl (C=O) groups is 1. The smallest absolute Gasteiger partial charge is 0.321 e. The molecular formula is C16H25N3O2S. The van der Waals surface area contributed by atoms with Crippen molar-refractivity contribution >= 4 is 22.5 Å². The molecule has 1 aliphatic rings. The van der Waals surface area contributed by atoms with Crippen LogP contribution in [0.2, 0.25) is 0 Å². The normalized spacial score (nSPS) is 17.5. The molecule has 1 atom stereocenters. The lowest BCUT2D eigenvalue weighted by molar-refractivity contribution is 0.125. The highest BCUT2D eigenvalue weighted by Gasteiger charge is 2.22. The van der Waals surface area contributed by atoms with Crippen LogP contribution in [0.25, 0.3) is 0 Å². The van der Waals surface area contributed by atoms with Gasteiger partial charge >= 0.3 is 6.03 Å². The summed E-state index contributed by atoms with van der Waals surface area (Å²) in [7, 11) is -0.928. The topological polar surface area (TPSA) is 52.6 Å². The number of hydrogen-bond donors (Lipinski definition) is 1. The minimum atomic E-state index is -0.928. The fourth-order valence-corrected chi connectivity index (χ4v) is 3.31. The van der Waals surface area contributed by atoms with Crippen molar-refractivity contribution in [2.45, 2.75) is 25.6 Å². The van der Waals surface area contributed by atoms with E-state index in [1.54, 1.807) is 6.26 Å². The van der Waals surface area contributed by atoms with Crippen LogP contribution in [0.1, 0.15) is 19.4 Å². The highest BCUT2D eigenvalue weighted by Crippen LogP contribution is 2.18. The number of carbonyl (C=O) groups excluding carboxylic acids is 1. The zero-order valence-electron chi connectivity index (χ0n) is 13.5. The molecule has 0 bridgehead atoms. The Bertz CT molecular complexity index is 540. The van der Waals surface area contributed by atoms with Crippen molar-refractivity contribution in [3.63, 3.8) is 0 Å². The predicted octanol–water partition coefficient (Wildman–Crippen LogP) is 2.12. The van der Waals surface area contributed by atoms with Gasteiger partial charge in [-0.05, 0) is 25.5 Å². The van der Waals surface area contributed by atoms with E-state index in [9.17, 15) is 9.00 Å². The summed E-state index contributed by atoms with van der Waals surface area (Å²) >= 11 is 0. The molecule has 1 heterocycles. The first-order valence-electron chi connectivity index (χ1n) is 7.65. The van der Waals surface area contributed by atoms with Crippen molar-refractivity contribution < 1.29 is 9.00 Å². The van der Waals surface area contributed by atoms with Gasteiger partial charge < -0.3 is 10.2 Å². The minimum Gasteiger partial charge on any atom is -0.322 e. The number of benzene rings is 1. The molecule has 0 aromatic heterocycles. The number of nitrogens with one attached hydrogen (secondary N) is 1. The number of rotatable bonds is 4. The molecule has 1 aromatic rings. The Kier molecular flexibility index (Phi) is 5.97. The van der Waals surface area contributed by atoms with Crippen LogP contribution >= 0.6 is 0 Å². The molecule has 1 aliphatic heterocycles. The molecule has 1 fully saturated rings. The molecule has 5 nitrogen and oxygen atoms in total. The highest BCUT2D eigenvalue weighted by molar-refractivity contribution is 7.83. The first-order chi connectivity index (χ1) is 10.5. The number of urea groups is 1. The minimum absolute atomic E-state index is 0.0715. The van der Waals surface area contributed by atoms with Gasteiger partial charge in [0.15, 0.2) is 0 Å². The Hall–Kier alpha value is -1.40. The van der Waals surface area contributed by atoms with Gasteiger partial charge in [0, 0.05) is 55.0 Å². The molecule has 2 amide bonds. The fraction of sp³-hybridized carbons (Fsp3) is 0.562. The van der Waals surface area contributed by atoms with Gasteiger partial charge in [-0.2, -0.15) is 0 Å². The van der Waals surface area contributed by atoms with Gasteiger partial charge in [0.2, 0.25) is 0 Å². The van der Waals surface area contributed by atoms with Crippen LogP contribution in [0.3, 0.4) is 0 Å². The van der Waals surface area contributed by atoms with Crippen LogP contribution < -0.4 is 5.32 Å². The van der Waals surface area contributed by atoms with Crippen LogP contribution in [-0.4, -0.2) is 58.5 Å². The maximum absolute atomic E-state index is 12.4. The Labute approximate surface area is 135 Å².